The molecule has 0 aromatic carbocycles. The van der Waals surface area contributed by atoms with Crippen molar-refractivity contribution >= 4 is 11.9 Å². The molecule has 19 heavy (non-hydrogen) atoms. The Morgan fingerprint density at radius 3 is 2.00 bits per heavy atom. The number of nitrogens with one attached hydrogen (secondary N) is 1. The topological polar surface area (TPSA) is 144 Å². The molecule has 0 saturated carbocycles. The van der Waals surface area contributed by atoms with Gasteiger partial charge in [0.2, 0.25) is 5.91 Å². The summed E-state index contributed by atoms with van der Waals surface area (Å²) in [7, 11) is 0. The maximum atomic E-state index is 11.7. The average Bonchev–Trinajstić information content (AvgIpc) is 2.37. The molecule has 8 N–H and O–H groups in total. The molecular formula is C12H26N4O3. The quantitative estimate of drug-likeness (QED) is 0.310. The summed E-state index contributed by atoms with van der Waals surface area (Å²) >= 11 is 0. The van der Waals surface area contributed by atoms with Crippen molar-refractivity contribution in [1.82, 2.24) is 5.32 Å². The van der Waals surface area contributed by atoms with Gasteiger partial charge in [-0.05, 0) is 45.2 Å². The van der Waals surface area contributed by atoms with Crippen LogP contribution in [0.1, 0.15) is 38.5 Å². The lowest BCUT2D eigenvalue weighted by Crippen LogP contribution is -2.48. The van der Waals surface area contributed by atoms with Crippen LogP contribution in [0.25, 0.3) is 0 Å². The first kappa shape index (κ1) is 17.8. The zero-order valence-electron chi connectivity index (χ0n) is 11.3. The summed E-state index contributed by atoms with van der Waals surface area (Å²) in [6.45, 7) is 1.07. The predicted molar refractivity (Wildman–Crippen MR) is 73.4 cm³/mol. The monoisotopic (exact) mass is 274 g/mol. The molecule has 0 aliphatic heterocycles. The highest BCUT2D eigenvalue weighted by Gasteiger charge is 2.22. The van der Waals surface area contributed by atoms with E-state index in [1.807, 2.05) is 0 Å². The number of nitrogens with two attached hydrogens (primary N) is 3. The highest BCUT2D eigenvalue weighted by Crippen LogP contribution is 2.03. The van der Waals surface area contributed by atoms with Crippen molar-refractivity contribution in [3.05, 3.63) is 0 Å². The van der Waals surface area contributed by atoms with Gasteiger partial charge in [-0.2, -0.15) is 0 Å². The predicted octanol–water partition coefficient (Wildman–Crippen LogP) is -0.859. The molecule has 0 radical (unpaired) electrons. The van der Waals surface area contributed by atoms with Crippen LogP contribution in [0.4, 0.5) is 0 Å². The summed E-state index contributed by atoms with van der Waals surface area (Å²) in [5, 5.41) is 11.5. The van der Waals surface area contributed by atoms with Crippen molar-refractivity contribution < 1.29 is 14.7 Å². The highest BCUT2D eigenvalue weighted by atomic mass is 16.4. The minimum absolute atomic E-state index is 0.369. The Balaban J connectivity index is 4.11. The Bertz CT molecular complexity index is 274. The number of unbranched alkanes of at least 4 members (excludes halogenated alkanes) is 2. The van der Waals surface area contributed by atoms with Gasteiger partial charge in [0.1, 0.15) is 6.04 Å². The van der Waals surface area contributed by atoms with E-state index in [1.165, 1.54) is 0 Å². The van der Waals surface area contributed by atoms with E-state index in [0.717, 1.165) is 19.3 Å². The van der Waals surface area contributed by atoms with Gasteiger partial charge in [-0.25, -0.2) is 4.79 Å². The van der Waals surface area contributed by atoms with Gasteiger partial charge in [-0.1, -0.05) is 6.42 Å². The van der Waals surface area contributed by atoms with E-state index in [1.54, 1.807) is 0 Å². The van der Waals surface area contributed by atoms with Gasteiger partial charge in [-0.15, -0.1) is 0 Å². The summed E-state index contributed by atoms with van der Waals surface area (Å²) in [5.41, 5.74) is 16.4. The van der Waals surface area contributed by atoms with Gasteiger partial charge >= 0.3 is 5.97 Å². The first-order valence-corrected chi connectivity index (χ1v) is 6.71. The molecule has 7 nitrogen and oxygen atoms in total. The Labute approximate surface area is 113 Å². The Hall–Kier alpha value is -1.18. The molecule has 0 bridgehead atoms. The zero-order valence-corrected chi connectivity index (χ0v) is 11.3. The molecule has 0 spiro atoms. The van der Waals surface area contributed by atoms with Crippen molar-refractivity contribution in [2.45, 2.75) is 50.6 Å². The van der Waals surface area contributed by atoms with Crippen LogP contribution in [0.2, 0.25) is 0 Å². The Kier molecular flexibility index (Phi) is 10.1. The molecule has 0 rings (SSSR count). The van der Waals surface area contributed by atoms with Gasteiger partial charge in [0.05, 0.1) is 6.04 Å². The third kappa shape index (κ3) is 8.52. The first-order valence-electron chi connectivity index (χ1n) is 6.71. The number of carbonyl (C=O) groups excluding carboxylic acids is 1. The summed E-state index contributed by atoms with van der Waals surface area (Å²) in [6, 6.07) is -1.57. The van der Waals surface area contributed by atoms with Crippen LogP contribution in [0.15, 0.2) is 0 Å². The van der Waals surface area contributed by atoms with Crippen molar-refractivity contribution in [3.8, 4) is 0 Å². The molecule has 0 fully saturated rings. The van der Waals surface area contributed by atoms with Crippen LogP contribution in [0, 0.1) is 0 Å². The number of carboxylic acids is 1. The fourth-order valence-electron chi connectivity index (χ4n) is 1.67. The first-order chi connectivity index (χ1) is 9.02. The van der Waals surface area contributed by atoms with Gasteiger partial charge < -0.3 is 27.6 Å². The Morgan fingerprint density at radius 1 is 1.00 bits per heavy atom. The third-order valence-corrected chi connectivity index (χ3v) is 2.87. The second kappa shape index (κ2) is 10.7. The average molecular weight is 274 g/mol. The fourth-order valence-corrected chi connectivity index (χ4v) is 1.67. The lowest BCUT2D eigenvalue weighted by atomic mass is 10.1. The van der Waals surface area contributed by atoms with Crippen LogP contribution in [0.5, 0.6) is 0 Å². The van der Waals surface area contributed by atoms with Crippen molar-refractivity contribution in [2.75, 3.05) is 13.1 Å². The molecule has 2 atom stereocenters. The minimum Gasteiger partial charge on any atom is -0.480 e. The molecule has 0 aromatic rings. The number of amides is 1. The molecule has 0 aliphatic carbocycles. The van der Waals surface area contributed by atoms with Gasteiger partial charge in [-0.3, -0.25) is 4.79 Å². The van der Waals surface area contributed by atoms with E-state index in [-0.39, 0.29) is 0 Å². The largest absolute Gasteiger partial charge is 0.480 e. The smallest absolute Gasteiger partial charge is 0.326 e. The second-order valence-corrected chi connectivity index (χ2v) is 4.57. The van der Waals surface area contributed by atoms with Gasteiger partial charge in [0.15, 0.2) is 0 Å². The maximum absolute atomic E-state index is 11.7. The van der Waals surface area contributed by atoms with Crippen molar-refractivity contribution in [1.29, 1.82) is 0 Å². The summed E-state index contributed by atoms with van der Waals surface area (Å²) in [6.07, 6.45) is 3.85. The number of rotatable bonds is 11. The van der Waals surface area contributed by atoms with Crippen LogP contribution in [0.3, 0.4) is 0 Å². The van der Waals surface area contributed by atoms with E-state index >= 15 is 0 Å². The lowest BCUT2D eigenvalue weighted by Gasteiger charge is -2.17. The van der Waals surface area contributed by atoms with Gasteiger partial charge in [0.25, 0.3) is 0 Å². The number of carboxylic acid groups (broad SMARTS) is 1. The maximum Gasteiger partial charge on any atom is 0.326 e. The van der Waals surface area contributed by atoms with Gasteiger partial charge in [0, 0.05) is 0 Å². The van der Waals surface area contributed by atoms with E-state index in [0.29, 0.717) is 32.4 Å². The molecule has 0 aromatic heterocycles. The van der Waals surface area contributed by atoms with Crippen molar-refractivity contribution in [2.24, 2.45) is 17.2 Å². The SMILES string of the molecule is NCCCCC(NC(=O)[C@@H](N)CCCCN)C(=O)O. The standard InChI is InChI=1S/C12H26N4O3/c13-7-3-1-5-9(15)11(17)16-10(12(18)19)6-2-4-8-14/h9-10H,1-8,13-15H2,(H,16,17)(H,18,19)/t9-,10?/m0/s1. The third-order valence-electron chi connectivity index (χ3n) is 2.87. The highest BCUT2D eigenvalue weighted by molar-refractivity contribution is 5.86. The molecule has 7 heteroatoms. The van der Waals surface area contributed by atoms with Crippen LogP contribution < -0.4 is 22.5 Å². The van der Waals surface area contributed by atoms with Crippen LogP contribution in [-0.2, 0) is 9.59 Å². The van der Waals surface area contributed by atoms with E-state index in [2.05, 4.69) is 5.32 Å². The molecular weight excluding hydrogens is 248 g/mol. The van der Waals surface area contributed by atoms with Crippen LogP contribution >= 0.6 is 0 Å². The molecule has 0 aliphatic rings. The normalized spacial score (nSPS) is 13.8. The van der Waals surface area contributed by atoms with E-state index < -0.39 is 24.0 Å². The lowest BCUT2D eigenvalue weighted by molar-refractivity contribution is -0.142. The number of carbonyl (C=O) groups is 2. The van der Waals surface area contributed by atoms with E-state index in [9.17, 15) is 9.59 Å². The number of aliphatic carboxylic acids is 1. The summed E-state index contributed by atoms with van der Waals surface area (Å²) in [5.74, 6) is -1.46. The summed E-state index contributed by atoms with van der Waals surface area (Å²) < 4.78 is 0. The number of hydrogen-bond donors (Lipinski definition) is 5. The van der Waals surface area contributed by atoms with Crippen LogP contribution in [-0.4, -0.2) is 42.2 Å². The molecule has 1 amide bonds. The summed E-state index contributed by atoms with van der Waals surface area (Å²) in [4.78, 5) is 22.7. The number of hydrogen-bond acceptors (Lipinski definition) is 5. The Morgan fingerprint density at radius 2 is 1.53 bits per heavy atom. The minimum atomic E-state index is -1.04. The van der Waals surface area contributed by atoms with E-state index in [4.69, 9.17) is 22.3 Å². The van der Waals surface area contributed by atoms with Crippen molar-refractivity contribution in [3.63, 3.8) is 0 Å². The zero-order chi connectivity index (χ0) is 14.7. The molecule has 0 heterocycles. The molecule has 0 saturated heterocycles. The molecule has 112 valence electrons. The second-order valence-electron chi connectivity index (χ2n) is 4.57. The molecule has 1 unspecified atom stereocenters. The fraction of sp³-hybridized carbons (Fsp3) is 0.833.